The van der Waals surface area contributed by atoms with E-state index < -0.39 is 12.1 Å². The van der Waals surface area contributed by atoms with Gasteiger partial charge in [-0.05, 0) is 6.42 Å². The van der Waals surface area contributed by atoms with Gasteiger partial charge in [-0.3, -0.25) is 4.79 Å². The highest BCUT2D eigenvalue weighted by Crippen LogP contribution is 2.08. The summed E-state index contributed by atoms with van der Waals surface area (Å²) in [7, 11) is 0. The van der Waals surface area contributed by atoms with Gasteiger partial charge in [0.2, 0.25) is 0 Å². The summed E-state index contributed by atoms with van der Waals surface area (Å²) in [5, 5.41) is 11.5. The second kappa shape index (κ2) is 7.92. The molecule has 0 bridgehead atoms. The third kappa shape index (κ3) is 5.35. The molecule has 2 N–H and O–H groups in total. The van der Waals surface area contributed by atoms with Crippen molar-refractivity contribution in [3.8, 4) is 0 Å². The smallest absolute Gasteiger partial charge is 0.317 e. The molecule has 0 spiro atoms. The predicted molar refractivity (Wildman–Crippen MR) is 66.5 cm³/mol. The minimum absolute atomic E-state index is 0.0559. The highest BCUT2D eigenvalue weighted by Gasteiger charge is 2.25. The van der Waals surface area contributed by atoms with Crippen LogP contribution < -0.4 is 5.32 Å². The lowest BCUT2D eigenvalue weighted by Gasteiger charge is -2.32. The summed E-state index contributed by atoms with van der Waals surface area (Å²) >= 11 is 0. The zero-order valence-corrected chi connectivity index (χ0v) is 10.9. The van der Waals surface area contributed by atoms with Crippen LogP contribution in [0.5, 0.6) is 0 Å². The molecule has 0 aliphatic carbocycles. The number of carboxylic acids is 1. The first kappa shape index (κ1) is 14.8. The van der Waals surface area contributed by atoms with Crippen LogP contribution in [-0.4, -0.2) is 54.4 Å². The van der Waals surface area contributed by atoms with Crippen molar-refractivity contribution in [2.24, 2.45) is 0 Å². The molecule has 0 aromatic rings. The Hall–Kier alpha value is -1.30. The number of carbonyl (C=O) groups excluding carboxylic acids is 1. The molecule has 1 rings (SSSR count). The van der Waals surface area contributed by atoms with Crippen LogP contribution in [0.1, 0.15) is 32.6 Å². The van der Waals surface area contributed by atoms with Crippen molar-refractivity contribution in [3.63, 3.8) is 0 Å². The molecule has 0 saturated carbocycles. The highest BCUT2D eigenvalue weighted by molar-refractivity contribution is 5.74. The average Bonchev–Trinajstić information content (AvgIpc) is 2.34. The molecule has 6 nitrogen and oxygen atoms in total. The quantitative estimate of drug-likeness (QED) is 0.698. The van der Waals surface area contributed by atoms with Gasteiger partial charge in [0.05, 0.1) is 19.1 Å². The molecule has 18 heavy (non-hydrogen) atoms. The number of rotatable bonds is 6. The molecule has 0 aromatic carbocycles. The number of amides is 2. The van der Waals surface area contributed by atoms with E-state index in [2.05, 4.69) is 12.2 Å². The minimum atomic E-state index is -0.898. The number of carbonyl (C=O) groups is 2. The molecule has 1 unspecified atom stereocenters. The highest BCUT2D eigenvalue weighted by atomic mass is 16.5. The zero-order valence-electron chi connectivity index (χ0n) is 10.9. The zero-order chi connectivity index (χ0) is 13.4. The first-order chi connectivity index (χ1) is 8.63. The van der Waals surface area contributed by atoms with E-state index in [1.54, 1.807) is 4.90 Å². The van der Waals surface area contributed by atoms with E-state index in [0.29, 0.717) is 26.2 Å². The van der Waals surface area contributed by atoms with Gasteiger partial charge in [-0.25, -0.2) is 4.79 Å². The van der Waals surface area contributed by atoms with Crippen molar-refractivity contribution in [2.75, 3.05) is 26.2 Å². The number of ether oxygens (including phenoxy) is 1. The predicted octanol–water partition coefficient (Wildman–Crippen LogP) is 1.06. The maximum Gasteiger partial charge on any atom is 0.317 e. The summed E-state index contributed by atoms with van der Waals surface area (Å²) in [6.45, 7) is 4.07. The topological polar surface area (TPSA) is 78.9 Å². The molecule has 0 aromatic heterocycles. The van der Waals surface area contributed by atoms with Gasteiger partial charge in [-0.15, -0.1) is 0 Å². The summed E-state index contributed by atoms with van der Waals surface area (Å²) in [6.07, 6.45) is 2.75. The Morgan fingerprint density at radius 1 is 1.44 bits per heavy atom. The number of hydrogen-bond acceptors (Lipinski definition) is 3. The SMILES string of the molecule is CCCCCNC(=O)N1CCOC(CC(=O)O)C1. The molecule has 1 fully saturated rings. The standard InChI is InChI=1S/C12H22N2O4/c1-2-3-4-5-13-12(17)14-6-7-18-10(9-14)8-11(15)16/h10H,2-9H2,1H3,(H,13,17)(H,15,16). The Balaban J connectivity index is 2.27. The molecule has 1 heterocycles. The van der Waals surface area contributed by atoms with Crippen molar-refractivity contribution in [3.05, 3.63) is 0 Å². The van der Waals surface area contributed by atoms with Crippen LogP contribution in [0.3, 0.4) is 0 Å². The number of morpholine rings is 1. The molecule has 2 amide bonds. The van der Waals surface area contributed by atoms with Gasteiger partial charge in [-0.2, -0.15) is 0 Å². The molecule has 1 saturated heterocycles. The molecule has 104 valence electrons. The van der Waals surface area contributed by atoms with E-state index in [1.165, 1.54) is 0 Å². The van der Waals surface area contributed by atoms with E-state index in [4.69, 9.17) is 9.84 Å². The van der Waals surface area contributed by atoms with Crippen LogP contribution in [0, 0.1) is 0 Å². The number of aliphatic carboxylic acids is 1. The van der Waals surface area contributed by atoms with E-state index in [0.717, 1.165) is 19.3 Å². The maximum absolute atomic E-state index is 11.8. The average molecular weight is 258 g/mol. The summed E-state index contributed by atoms with van der Waals surface area (Å²) in [6, 6.07) is -0.121. The normalized spacial score (nSPS) is 19.6. The summed E-state index contributed by atoms with van der Waals surface area (Å²) in [4.78, 5) is 24.0. The van der Waals surface area contributed by atoms with Gasteiger partial charge in [0.1, 0.15) is 0 Å². The lowest BCUT2D eigenvalue weighted by Crippen LogP contribution is -2.50. The fourth-order valence-electron chi connectivity index (χ4n) is 1.90. The van der Waals surface area contributed by atoms with E-state index in [9.17, 15) is 9.59 Å². The monoisotopic (exact) mass is 258 g/mol. The second-order valence-corrected chi connectivity index (χ2v) is 4.48. The minimum Gasteiger partial charge on any atom is -0.481 e. The van der Waals surface area contributed by atoms with Crippen molar-refractivity contribution >= 4 is 12.0 Å². The van der Waals surface area contributed by atoms with E-state index in [-0.39, 0.29) is 12.5 Å². The van der Waals surface area contributed by atoms with Crippen LogP contribution >= 0.6 is 0 Å². The third-order valence-electron chi connectivity index (χ3n) is 2.88. The first-order valence-corrected chi connectivity index (χ1v) is 6.49. The van der Waals surface area contributed by atoms with Crippen LogP contribution in [0.4, 0.5) is 4.79 Å². The van der Waals surface area contributed by atoms with Crippen LogP contribution in [0.25, 0.3) is 0 Å². The maximum atomic E-state index is 11.8. The van der Waals surface area contributed by atoms with Gasteiger partial charge in [-0.1, -0.05) is 19.8 Å². The molecule has 1 aliphatic heterocycles. The first-order valence-electron chi connectivity index (χ1n) is 6.49. The number of nitrogens with one attached hydrogen (secondary N) is 1. The Labute approximate surface area is 107 Å². The Morgan fingerprint density at radius 2 is 2.22 bits per heavy atom. The third-order valence-corrected chi connectivity index (χ3v) is 2.88. The van der Waals surface area contributed by atoms with Gasteiger partial charge in [0.15, 0.2) is 0 Å². The molecule has 1 atom stereocenters. The van der Waals surface area contributed by atoms with Crippen molar-refractivity contribution < 1.29 is 19.4 Å². The lowest BCUT2D eigenvalue weighted by atomic mass is 10.2. The van der Waals surface area contributed by atoms with Gasteiger partial charge < -0.3 is 20.1 Å². The van der Waals surface area contributed by atoms with Crippen molar-refractivity contribution in [1.29, 1.82) is 0 Å². The summed E-state index contributed by atoms with van der Waals surface area (Å²) in [5.74, 6) is -0.898. The van der Waals surface area contributed by atoms with Gasteiger partial charge in [0, 0.05) is 19.6 Å². The van der Waals surface area contributed by atoms with E-state index >= 15 is 0 Å². The number of urea groups is 1. The lowest BCUT2D eigenvalue weighted by molar-refractivity contribution is -0.141. The number of unbranched alkanes of at least 4 members (excludes halogenated alkanes) is 2. The summed E-state index contributed by atoms with van der Waals surface area (Å²) < 4.78 is 5.31. The van der Waals surface area contributed by atoms with Gasteiger partial charge in [0.25, 0.3) is 0 Å². The van der Waals surface area contributed by atoms with E-state index in [1.807, 2.05) is 0 Å². The molecule has 1 aliphatic rings. The number of nitrogens with zero attached hydrogens (tertiary/aromatic N) is 1. The molecular formula is C12H22N2O4. The number of carboxylic acid groups (broad SMARTS) is 1. The van der Waals surface area contributed by atoms with Crippen LogP contribution in [0.15, 0.2) is 0 Å². The molecule has 0 radical (unpaired) electrons. The number of hydrogen-bond donors (Lipinski definition) is 2. The van der Waals surface area contributed by atoms with Crippen LogP contribution in [-0.2, 0) is 9.53 Å². The fraction of sp³-hybridized carbons (Fsp3) is 0.833. The summed E-state index contributed by atoms with van der Waals surface area (Å²) in [5.41, 5.74) is 0. The fourth-order valence-corrected chi connectivity index (χ4v) is 1.90. The Kier molecular flexibility index (Phi) is 6.49. The Morgan fingerprint density at radius 3 is 2.89 bits per heavy atom. The Bertz CT molecular complexity index is 283. The van der Waals surface area contributed by atoms with Gasteiger partial charge >= 0.3 is 12.0 Å². The second-order valence-electron chi connectivity index (χ2n) is 4.48. The molecule has 6 heteroatoms. The largest absolute Gasteiger partial charge is 0.481 e. The molecular weight excluding hydrogens is 236 g/mol. The van der Waals surface area contributed by atoms with Crippen LogP contribution in [0.2, 0.25) is 0 Å². The van der Waals surface area contributed by atoms with Crippen molar-refractivity contribution in [1.82, 2.24) is 10.2 Å². The van der Waals surface area contributed by atoms with Crippen molar-refractivity contribution in [2.45, 2.75) is 38.7 Å².